The summed E-state index contributed by atoms with van der Waals surface area (Å²) in [5, 5.41) is 13.3. The molecule has 0 unspecified atom stereocenters. The molecule has 1 N–H and O–H groups in total. The van der Waals surface area contributed by atoms with E-state index >= 15 is 0 Å². The molecule has 0 saturated carbocycles. The molecule has 0 aliphatic carbocycles. The Bertz CT molecular complexity index is 910. The van der Waals surface area contributed by atoms with Crippen molar-refractivity contribution >= 4 is 35.2 Å². The van der Waals surface area contributed by atoms with Gasteiger partial charge in [0.1, 0.15) is 11.1 Å². The molecule has 0 fully saturated rings. The molecule has 1 heterocycles. The molecule has 1 amide bonds. The summed E-state index contributed by atoms with van der Waals surface area (Å²) >= 11 is 7.02. The van der Waals surface area contributed by atoms with Gasteiger partial charge in [0.25, 0.3) is 0 Å². The Morgan fingerprint density at radius 3 is 2.64 bits per heavy atom. The fourth-order valence-electron chi connectivity index (χ4n) is 2.44. The molecule has 6 nitrogen and oxygen atoms in total. The predicted octanol–water partition coefficient (Wildman–Crippen LogP) is 4.06. The maximum atomic E-state index is 12.3. The summed E-state index contributed by atoms with van der Waals surface area (Å²) in [5.74, 6) is -0.613. The van der Waals surface area contributed by atoms with Gasteiger partial charge in [0, 0.05) is 5.02 Å². The molecular weight excluding hydrogens is 398 g/mol. The molecule has 0 saturated heterocycles. The highest BCUT2D eigenvalue weighted by atomic mass is 35.5. The van der Waals surface area contributed by atoms with E-state index in [0.717, 1.165) is 17.3 Å². The molecule has 2 rings (SSSR count). The highest BCUT2D eigenvalue weighted by Crippen LogP contribution is 2.24. The second-order valence-electron chi connectivity index (χ2n) is 5.94. The molecule has 1 aromatic heterocycles. The third-order valence-corrected chi connectivity index (χ3v) is 5.12. The number of carbonyl (C=O) groups excluding carboxylic acids is 2. The van der Waals surface area contributed by atoms with E-state index in [4.69, 9.17) is 16.3 Å². The van der Waals surface area contributed by atoms with Crippen molar-refractivity contribution in [2.75, 3.05) is 12.4 Å². The summed E-state index contributed by atoms with van der Waals surface area (Å²) < 4.78 is 4.97. The van der Waals surface area contributed by atoms with Crippen LogP contribution in [0.5, 0.6) is 0 Å². The Morgan fingerprint density at radius 2 is 2.04 bits per heavy atom. The lowest BCUT2D eigenvalue weighted by Gasteiger charge is -2.14. The lowest BCUT2D eigenvalue weighted by molar-refractivity contribution is -0.119. The van der Waals surface area contributed by atoms with Crippen molar-refractivity contribution < 1.29 is 14.3 Å². The summed E-state index contributed by atoms with van der Waals surface area (Å²) in [5.41, 5.74) is 1.88. The highest BCUT2D eigenvalue weighted by molar-refractivity contribution is 8.00. The lowest BCUT2D eigenvalue weighted by Crippen LogP contribution is -2.28. The molecule has 146 valence electrons. The van der Waals surface area contributed by atoms with Gasteiger partial charge < -0.3 is 10.1 Å². The van der Waals surface area contributed by atoms with E-state index in [2.05, 4.69) is 10.3 Å². The van der Waals surface area contributed by atoms with Crippen LogP contribution in [0.1, 0.15) is 47.1 Å². The van der Waals surface area contributed by atoms with Crippen LogP contribution in [0.3, 0.4) is 0 Å². The van der Waals surface area contributed by atoms with Gasteiger partial charge in [-0.25, -0.2) is 9.78 Å². The monoisotopic (exact) mass is 417 g/mol. The van der Waals surface area contributed by atoms with Crippen LogP contribution in [0.4, 0.5) is 0 Å². The van der Waals surface area contributed by atoms with Gasteiger partial charge in [0.05, 0.1) is 35.2 Å². The molecule has 8 heteroatoms. The molecule has 1 atom stereocenters. The summed E-state index contributed by atoms with van der Waals surface area (Å²) in [6.45, 7) is 5.49. The van der Waals surface area contributed by atoms with Gasteiger partial charge in [-0.1, -0.05) is 35.5 Å². The summed E-state index contributed by atoms with van der Waals surface area (Å²) in [6.07, 6.45) is 0. The maximum absolute atomic E-state index is 12.3. The molecule has 28 heavy (non-hydrogen) atoms. The van der Waals surface area contributed by atoms with Crippen LogP contribution in [0, 0.1) is 18.3 Å². The molecule has 0 bridgehead atoms. The molecule has 0 radical (unpaired) electrons. The van der Waals surface area contributed by atoms with Crippen molar-refractivity contribution in [3.05, 3.63) is 57.7 Å². The first-order chi connectivity index (χ1) is 13.3. The number of pyridine rings is 1. The van der Waals surface area contributed by atoms with Crippen LogP contribution < -0.4 is 5.32 Å². The van der Waals surface area contributed by atoms with Crippen LogP contribution in [0.15, 0.2) is 35.4 Å². The number of nitrogens with zero attached hydrogens (tertiary/aromatic N) is 2. The van der Waals surface area contributed by atoms with E-state index in [1.54, 1.807) is 26.0 Å². The normalized spacial score (nSPS) is 11.4. The van der Waals surface area contributed by atoms with E-state index in [1.807, 2.05) is 25.1 Å². The smallest absolute Gasteiger partial charge is 0.340 e. The van der Waals surface area contributed by atoms with Gasteiger partial charge in [0.2, 0.25) is 5.91 Å². The quantitative estimate of drug-likeness (QED) is 0.539. The Balaban J connectivity index is 2.04. The number of carbonyl (C=O) groups is 2. The van der Waals surface area contributed by atoms with Gasteiger partial charge in [-0.3, -0.25) is 4.79 Å². The van der Waals surface area contributed by atoms with E-state index in [9.17, 15) is 14.9 Å². The summed E-state index contributed by atoms with van der Waals surface area (Å²) in [4.78, 5) is 28.5. The minimum absolute atomic E-state index is 0.0950. The summed E-state index contributed by atoms with van der Waals surface area (Å²) in [6, 6.07) is 10.5. The number of hydrogen-bond donors (Lipinski definition) is 1. The lowest BCUT2D eigenvalue weighted by atomic mass is 10.1. The molecule has 0 spiro atoms. The number of thioether (sulfide) groups is 1. The van der Waals surface area contributed by atoms with Gasteiger partial charge in [0.15, 0.2) is 0 Å². The number of aryl methyl sites for hydroxylation is 1. The SMILES string of the molecule is CCOC(=O)c1cc(C#N)c(SCC(=O)N[C@H](C)c2ccc(Cl)cc2)nc1C. The van der Waals surface area contributed by atoms with E-state index < -0.39 is 5.97 Å². The molecule has 1 aromatic carbocycles. The fourth-order valence-corrected chi connectivity index (χ4v) is 3.38. The zero-order valence-corrected chi connectivity index (χ0v) is 17.4. The third kappa shape index (κ3) is 5.72. The van der Waals surface area contributed by atoms with Crippen LogP contribution in [-0.2, 0) is 9.53 Å². The number of rotatable bonds is 7. The number of nitriles is 1. The zero-order chi connectivity index (χ0) is 20.7. The van der Waals surface area contributed by atoms with Gasteiger partial charge in [-0.15, -0.1) is 0 Å². The van der Waals surface area contributed by atoms with Crippen LogP contribution in [-0.4, -0.2) is 29.2 Å². The standard InChI is InChI=1S/C20H20ClN3O3S/c1-4-27-20(26)17-9-15(10-22)19(24-13(17)3)28-11-18(25)23-12(2)14-5-7-16(21)8-6-14/h5-9,12H,4,11H2,1-3H3,(H,23,25)/t12-/m1/s1. The van der Waals surface area contributed by atoms with E-state index in [1.165, 1.54) is 6.07 Å². The first-order valence-electron chi connectivity index (χ1n) is 8.62. The largest absolute Gasteiger partial charge is 0.462 e. The Hall–Kier alpha value is -2.56. The maximum Gasteiger partial charge on any atom is 0.340 e. The number of aromatic nitrogens is 1. The average molecular weight is 418 g/mol. The number of hydrogen-bond acceptors (Lipinski definition) is 6. The fraction of sp³-hybridized carbons (Fsp3) is 0.300. The minimum atomic E-state index is -0.518. The van der Waals surface area contributed by atoms with Crippen molar-refractivity contribution in [2.24, 2.45) is 0 Å². The average Bonchev–Trinajstić information content (AvgIpc) is 2.67. The minimum Gasteiger partial charge on any atom is -0.462 e. The first kappa shape index (κ1) is 21.7. The number of amides is 1. The summed E-state index contributed by atoms with van der Waals surface area (Å²) in [7, 11) is 0. The molecular formula is C20H20ClN3O3S. The molecule has 2 aromatic rings. The van der Waals surface area contributed by atoms with Crippen molar-refractivity contribution in [1.82, 2.24) is 10.3 Å². The van der Waals surface area contributed by atoms with Crippen LogP contribution in [0.25, 0.3) is 0 Å². The highest BCUT2D eigenvalue weighted by Gasteiger charge is 2.17. The Morgan fingerprint density at radius 1 is 1.36 bits per heavy atom. The second kappa shape index (κ2) is 10.1. The van der Waals surface area contributed by atoms with Crippen molar-refractivity contribution in [2.45, 2.75) is 31.8 Å². The first-order valence-corrected chi connectivity index (χ1v) is 9.98. The zero-order valence-electron chi connectivity index (χ0n) is 15.8. The molecule has 0 aliphatic rings. The number of esters is 1. The molecule has 0 aliphatic heterocycles. The van der Waals surface area contributed by atoms with Gasteiger partial charge >= 0.3 is 5.97 Å². The Labute approximate surface area is 173 Å². The number of halogens is 1. The number of ether oxygens (including phenoxy) is 1. The van der Waals surface area contributed by atoms with Crippen molar-refractivity contribution in [3.8, 4) is 6.07 Å². The van der Waals surface area contributed by atoms with Gasteiger partial charge in [-0.2, -0.15) is 5.26 Å². The Kier molecular flexibility index (Phi) is 7.85. The van der Waals surface area contributed by atoms with Crippen molar-refractivity contribution in [3.63, 3.8) is 0 Å². The predicted molar refractivity (Wildman–Crippen MR) is 108 cm³/mol. The van der Waals surface area contributed by atoms with Crippen LogP contribution >= 0.6 is 23.4 Å². The number of benzene rings is 1. The van der Waals surface area contributed by atoms with Crippen molar-refractivity contribution in [1.29, 1.82) is 5.26 Å². The third-order valence-electron chi connectivity index (χ3n) is 3.88. The topological polar surface area (TPSA) is 92.1 Å². The van der Waals surface area contributed by atoms with E-state index in [-0.39, 0.29) is 35.4 Å². The van der Waals surface area contributed by atoms with Gasteiger partial charge in [-0.05, 0) is 44.5 Å². The van der Waals surface area contributed by atoms with Crippen LogP contribution in [0.2, 0.25) is 5.02 Å². The second-order valence-corrected chi connectivity index (χ2v) is 7.34. The number of nitrogens with one attached hydrogen (secondary N) is 1. The van der Waals surface area contributed by atoms with E-state index in [0.29, 0.717) is 15.7 Å².